The van der Waals surface area contributed by atoms with Crippen LogP contribution in [0.2, 0.25) is 0 Å². The second kappa shape index (κ2) is 3.65. The van der Waals surface area contributed by atoms with Gasteiger partial charge in [0.2, 0.25) is 0 Å². The molecule has 4 nitrogen and oxygen atoms in total. The second-order valence-electron chi connectivity index (χ2n) is 5.10. The predicted octanol–water partition coefficient (Wildman–Crippen LogP) is 2.11. The molecule has 1 aromatic carbocycles. The van der Waals surface area contributed by atoms with Crippen LogP contribution in [0.5, 0.6) is 0 Å². The fourth-order valence-corrected chi connectivity index (χ4v) is 2.91. The first kappa shape index (κ1) is 10.4. The van der Waals surface area contributed by atoms with Gasteiger partial charge in [0.25, 0.3) is 0 Å². The van der Waals surface area contributed by atoms with E-state index < -0.39 is 0 Å². The van der Waals surface area contributed by atoms with Gasteiger partial charge in [0, 0.05) is 11.4 Å². The van der Waals surface area contributed by atoms with Gasteiger partial charge >= 0.3 is 6.03 Å². The normalized spacial score (nSPS) is 22.1. The Morgan fingerprint density at radius 3 is 2.47 bits per heavy atom. The topological polar surface area (TPSA) is 58.4 Å². The van der Waals surface area contributed by atoms with Gasteiger partial charge in [-0.3, -0.25) is 4.90 Å². The first-order valence-electron chi connectivity index (χ1n) is 6.14. The molecule has 0 radical (unpaired) electrons. The van der Waals surface area contributed by atoms with Crippen LogP contribution in [0.1, 0.15) is 25.7 Å². The van der Waals surface area contributed by atoms with E-state index in [2.05, 4.69) is 5.32 Å². The van der Waals surface area contributed by atoms with Crippen molar-refractivity contribution in [3.05, 3.63) is 24.3 Å². The van der Waals surface area contributed by atoms with Crippen molar-refractivity contribution >= 4 is 17.4 Å². The van der Waals surface area contributed by atoms with Crippen LogP contribution in [0.15, 0.2) is 24.3 Å². The van der Waals surface area contributed by atoms with E-state index in [1.807, 2.05) is 29.2 Å². The molecule has 0 atom stereocenters. The summed E-state index contributed by atoms with van der Waals surface area (Å²) in [6, 6.07) is 7.51. The van der Waals surface area contributed by atoms with E-state index in [9.17, 15) is 4.79 Å². The molecule has 1 saturated heterocycles. The fourth-order valence-electron chi connectivity index (χ4n) is 2.91. The van der Waals surface area contributed by atoms with Crippen molar-refractivity contribution < 1.29 is 4.79 Å². The lowest BCUT2D eigenvalue weighted by Gasteiger charge is -2.22. The lowest BCUT2D eigenvalue weighted by Crippen LogP contribution is -2.40. The number of rotatable bonds is 1. The monoisotopic (exact) mass is 231 g/mol. The Balaban J connectivity index is 1.85. The zero-order valence-corrected chi connectivity index (χ0v) is 9.78. The van der Waals surface area contributed by atoms with Gasteiger partial charge in [-0.1, -0.05) is 12.8 Å². The van der Waals surface area contributed by atoms with Crippen molar-refractivity contribution in [2.75, 3.05) is 17.2 Å². The maximum absolute atomic E-state index is 12.0. The number of nitrogens with zero attached hydrogens (tertiary/aromatic N) is 1. The summed E-state index contributed by atoms with van der Waals surface area (Å²) in [6.07, 6.45) is 4.64. The van der Waals surface area contributed by atoms with E-state index in [4.69, 9.17) is 5.73 Å². The molecule has 0 bridgehead atoms. The Labute approximate surface area is 101 Å². The summed E-state index contributed by atoms with van der Waals surface area (Å²) in [4.78, 5) is 13.8. The molecule has 17 heavy (non-hydrogen) atoms. The maximum atomic E-state index is 12.0. The summed E-state index contributed by atoms with van der Waals surface area (Å²) in [5.74, 6) is 0. The number of carbonyl (C=O) groups is 1. The molecule has 1 aliphatic carbocycles. The molecule has 1 spiro atoms. The molecule has 1 saturated carbocycles. The highest BCUT2D eigenvalue weighted by Crippen LogP contribution is 2.35. The van der Waals surface area contributed by atoms with Gasteiger partial charge in [-0.15, -0.1) is 0 Å². The quantitative estimate of drug-likeness (QED) is 0.727. The average Bonchev–Trinajstić information content (AvgIpc) is 2.88. The molecule has 0 unspecified atom stereocenters. The summed E-state index contributed by atoms with van der Waals surface area (Å²) in [7, 11) is 0. The van der Waals surface area contributed by atoms with Crippen LogP contribution < -0.4 is 16.0 Å². The molecule has 3 rings (SSSR count). The van der Waals surface area contributed by atoms with Crippen molar-refractivity contribution in [3.8, 4) is 0 Å². The number of carbonyl (C=O) groups excluding carboxylic acids is 1. The van der Waals surface area contributed by atoms with Crippen LogP contribution in [0, 0.1) is 0 Å². The zero-order valence-electron chi connectivity index (χ0n) is 9.78. The number of hydrogen-bond donors (Lipinski definition) is 2. The van der Waals surface area contributed by atoms with Crippen molar-refractivity contribution in [2.24, 2.45) is 0 Å². The van der Waals surface area contributed by atoms with Crippen LogP contribution in [0.3, 0.4) is 0 Å². The molecule has 1 aliphatic heterocycles. The van der Waals surface area contributed by atoms with Gasteiger partial charge in [0.1, 0.15) is 0 Å². The third-order valence-corrected chi connectivity index (χ3v) is 3.84. The largest absolute Gasteiger partial charge is 0.399 e. The van der Waals surface area contributed by atoms with Gasteiger partial charge in [-0.05, 0) is 37.1 Å². The Morgan fingerprint density at radius 1 is 1.18 bits per heavy atom. The molecular weight excluding hydrogens is 214 g/mol. The molecule has 0 aromatic heterocycles. The predicted molar refractivity (Wildman–Crippen MR) is 67.9 cm³/mol. The lowest BCUT2D eigenvalue weighted by atomic mass is 9.99. The third-order valence-electron chi connectivity index (χ3n) is 3.84. The van der Waals surface area contributed by atoms with Crippen LogP contribution in [-0.2, 0) is 0 Å². The Morgan fingerprint density at radius 2 is 1.82 bits per heavy atom. The summed E-state index contributed by atoms with van der Waals surface area (Å²) >= 11 is 0. The fraction of sp³-hybridized carbons (Fsp3) is 0.462. The highest BCUT2D eigenvalue weighted by Gasteiger charge is 2.44. The van der Waals surface area contributed by atoms with Gasteiger partial charge in [0.05, 0.1) is 12.1 Å². The van der Waals surface area contributed by atoms with E-state index in [1.54, 1.807) is 0 Å². The number of anilines is 2. The molecule has 2 fully saturated rings. The minimum atomic E-state index is 0.0247. The molecule has 90 valence electrons. The molecule has 4 heteroatoms. The van der Waals surface area contributed by atoms with Crippen molar-refractivity contribution in [1.29, 1.82) is 0 Å². The number of nitrogens with two attached hydrogens (primary N) is 1. The smallest absolute Gasteiger partial charge is 0.322 e. The van der Waals surface area contributed by atoms with Crippen molar-refractivity contribution in [2.45, 2.75) is 31.2 Å². The first-order chi connectivity index (χ1) is 8.19. The number of nitrogens with one attached hydrogen (secondary N) is 1. The zero-order chi connectivity index (χ0) is 11.9. The van der Waals surface area contributed by atoms with Crippen LogP contribution in [0.25, 0.3) is 0 Å². The van der Waals surface area contributed by atoms with E-state index in [1.165, 1.54) is 12.8 Å². The molecule has 2 aliphatic rings. The van der Waals surface area contributed by atoms with Crippen LogP contribution in [0.4, 0.5) is 16.2 Å². The summed E-state index contributed by atoms with van der Waals surface area (Å²) in [5.41, 5.74) is 7.34. The summed E-state index contributed by atoms with van der Waals surface area (Å²) < 4.78 is 0. The van der Waals surface area contributed by atoms with Crippen LogP contribution in [-0.4, -0.2) is 18.1 Å². The molecule has 3 N–H and O–H groups in total. The van der Waals surface area contributed by atoms with E-state index in [-0.39, 0.29) is 11.6 Å². The third kappa shape index (κ3) is 1.73. The molecule has 1 aromatic rings. The summed E-state index contributed by atoms with van der Waals surface area (Å²) in [6.45, 7) is 0.787. The second-order valence-corrected chi connectivity index (χ2v) is 5.10. The van der Waals surface area contributed by atoms with E-state index >= 15 is 0 Å². The van der Waals surface area contributed by atoms with Gasteiger partial charge in [-0.2, -0.15) is 0 Å². The standard InChI is InChI=1S/C13H17N3O/c14-10-3-5-11(6-4-10)16-9-13(15-12(16)17)7-1-2-8-13/h3-6H,1-2,7-9,14H2,(H,15,17). The van der Waals surface area contributed by atoms with E-state index in [0.29, 0.717) is 0 Å². The SMILES string of the molecule is Nc1ccc(N2CC3(CCCC3)NC2=O)cc1. The van der Waals surface area contributed by atoms with Gasteiger partial charge in [-0.25, -0.2) is 4.79 Å². The summed E-state index contributed by atoms with van der Waals surface area (Å²) in [5, 5.41) is 3.15. The van der Waals surface area contributed by atoms with Crippen molar-refractivity contribution in [3.63, 3.8) is 0 Å². The number of benzene rings is 1. The van der Waals surface area contributed by atoms with Gasteiger partial charge < -0.3 is 11.1 Å². The van der Waals surface area contributed by atoms with E-state index in [0.717, 1.165) is 30.8 Å². The van der Waals surface area contributed by atoms with Crippen LogP contribution >= 0.6 is 0 Å². The average molecular weight is 231 g/mol. The molecular formula is C13H17N3O. The minimum absolute atomic E-state index is 0.0247. The number of amides is 2. The Hall–Kier alpha value is -1.71. The number of hydrogen-bond acceptors (Lipinski definition) is 2. The first-order valence-corrected chi connectivity index (χ1v) is 6.14. The minimum Gasteiger partial charge on any atom is -0.399 e. The number of urea groups is 1. The molecule has 2 amide bonds. The Bertz CT molecular complexity index is 434. The maximum Gasteiger partial charge on any atom is 0.322 e. The van der Waals surface area contributed by atoms with Gasteiger partial charge in [0.15, 0.2) is 0 Å². The number of nitrogen functional groups attached to an aromatic ring is 1. The molecule has 1 heterocycles. The highest BCUT2D eigenvalue weighted by molar-refractivity contribution is 5.95. The Kier molecular flexibility index (Phi) is 2.24. The highest BCUT2D eigenvalue weighted by atomic mass is 16.2. The van der Waals surface area contributed by atoms with Crippen molar-refractivity contribution in [1.82, 2.24) is 5.32 Å². The lowest BCUT2D eigenvalue weighted by molar-refractivity contribution is 0.247.